The van der Waals surface area contributed by atoms with Gasteiger partial charge in [-0.15, -0.1) is 0 Å². The molecule has 0 fully saturated rings. The Bertz CT molecular complexity index is 950. The van der Waals surface area contributed by atoms with E-state index in [1.165, 1.54) is 5.56 Å². The third-order valence-corrected chi connectivity index (χ3v) is 6.55. The highest BCUT2D eigenvalue weighted by Gasteiger charge is 2.25. The molecule has 6 heteroatoms. The molecule has 0 spiro atoms. The minimum atomic E-state index is -3.68. The number of anilines is 1. The molecule has 1 amide bonds. The van der Waals surface area contributed by atoms with Crippen LogP contribution in [0.3, 0.4) is 0 Å². The van der Waals surface area contributed by atoms with Gasteiger partial charge in [0.2, 0.25) is 15.9 Å². The molecule has 2 N–H and O–H groups in total. The normalized spacial score (nSPS) is 15.2. The van der Waals surface area contributed by atoms with Crippen LogP contribution in [-0.2, 0) is 27.7 Å². The number of carbonyl (C=O) groups excluding carboxylic acids is 1. The van der Waals surface area contributed by atoms with Crippen molar-refractivity contribution >= 4 is 21.6 Å². The molecule has 1 atom stereocenters. The summed E-state index contributed by atoms with van der Waals surface area (Å²) in [5, 5.41) is 2.78. The van der Waals surface area contributed by atoms with Crippen LogP contribution in [0.5, 0.6) is 0 Å². The fourth-order valence-electron chi connectivity index (χ4n) is 3.53. The molecule has 0 saturated carbocycles. The van der Waals surface area contributed by atoms with E-state index < -0.39 is 10.0 Å². The lowest BCUT2D eigenvalue weighted by Gasteiger charge is -2.24. The Morgan fingerprint density at radius 1 is 1.07 bits per heavy atom. The van der Waals surface area contributed by atoms with Gasteiger partial charge in [-0.1, -0.05) is 51.5 Å². The molecule has 5 nitrogen and oxygen atoms in total. The molecule has 1 aliphatic heterocycles. The molecule has 0 saturated heterocycles. The van der Waals surface area contributed by atoms with Crippen molar-refractivity contribution < 1.29 is 13.2 Å². The summed E-state index contributed by atoms with van der Waals surface area (Å²) >= 11 is 0. The standard InChI is InChI=1S/C22H28N2O3S/c1-4-5-16-6-8-17(9-7-16)22(15(2)3)24-28(26,27)19-11-12-20-18(14-19)10-13-21(25)23-20/h6-9,11-12,14-15,22,24H,4-5,10,13H2,1-3H3,(H,23,25)/t22-/m0/s1. The highest BCUT2D eigenvalue weighted by atomic mass is 32.2. The van der Waals surface area contributed by atoms with Gasteiger partial charge in [0.25, 0.3) is 0 Å². The van der Waals surface area contributed by atoms with Crippen LogP contribution >= 0.6 is 0 Å². The Kier molecular flexibility index (Phi) is 6.20. The molecule has 1 aliphatic rings. The van der Waals surface area contributed by atoms with Crippen LogP contribution in [0, 0.1) is 5.92 Å². The second-order valence-corrected chi connectivity index (χ2v) is 9.42. The Labute approximate surface area is 167 Å². The fraction of sp³-hybridized carbons (Fsp3) is 0.409. The highest BCUT2D eigenvalue weighted by molar-refractivity contribution is 7.89. The Balaban J connectivity index is 1.85. The molecule has 0 radical (unpaired) electrons. The molecule has 2 aromatic rings. The first-order valence-corrected chi connectivity index (χ1v) is 11.3. The second kappa shape index (κ2) is 8.45. The minimum Gasteiger partial charge on any atom is -0.326 e. The molecule has 0 unspecified atom stereocenters. The number of amides is 1. The van der Waals surface area contributed by atoms with E-state index >= 15 is 0 Å². The van der Waals surface area contributed by atoms with E-state index in [1.54, 1.807) is 18.2 Å². The molecule has 1 heterocycles. The van der Waals surface area contributed by atoms with Gasteiger partial charge in [-0.3, -0.25) is 4.79 Å². The molecular weight excluding hydrogens is 372 g/mol. The van der Waals surface area contributed by atoms with Crippen molar-refractivity contribution in [3.05, 3.63) is 59.2 Å². The van der Waals surface area contributed by atoms with Gasteiger partial charge < -0.3 is 5.32 Å². The Morgan fingerprint density at radius 3 is 2.43 bits per heavy atom. The number of aryl methyl sites for hydroxylation is 2. The minimum absolute atomic E-state index is 0.0346. The number of hydrogen-bond donors (Lipinski definition) is 2. The molecule has 28 heavy (non-hydrogen) atoms. The lowest BCUT2D eigenvalue weighted by Crippen LogP contribution is -2.32. The smallest absolute Gasteiger partial charge is 0.241 e. The van der Waals surface area contributed by atoms with Gasteiger partial charge in [-0.05, 0) is 53.6 Å². The number of rotatable bonds is 7. The zero-order valence-corrected chi connectivity index (χ0v) is 17.5. The van der Waals surface area contributed by atoms with Gasteiger partial charge in [0.15, 0.2) is 0 Å². The van der Waals surface area contributed by atoms with E-state index in [9.17, 15) is 13.2 Å². The third-order valence-electron chi connectivity index (χ3n) is 5.11. The van der Waals surface area contributed by atoms with Crippen LogP contribution in [0.1, 0.15) is 56.3 Å². The van der Waals surface area contributed by atoms with Crippen LogP contribution in [0.25, 0.3) is 0 Å². The van der Waals surface area contributed by atoms with Crippen molar-refractivity contribution in [1.82, 2.24) is 4.72 Å². The predicted molar refractivity (Wildman–Crippen MR) is 112 cm³/mol. The molecular formula is C22H28N2O3S. The summed E-state index contributed by atoms with van der Waals surface area (Å²) in [7, 11) is -3.68. The number of nitrogens with one attached hydrogen (secondary N) is 2. The van der Waals surface area contributed by atoms with Gasteiger partial charge in [-0.25, -0.2) is 13.1 Å². The average Bonchev–Trinajstić information content (AvgIpc) is 2.66. The van der Waals surface area contributed by atoms with Crippen molar-refractivity contribution in [3.8, 4) is 0 Å². The summed E-state index contributed by atoms with van der Waals surface area (Å²) in [6.45, 7) is 6.16. The SMILES string of the molecule is CCCc1ccc([C@@H](NS(=O)(=O)c2ccc3c(c2)CCC(=O)N3)C(C)C)cc1. The Morgan fingerprint density at radius 2 is 1.79 bits per heavy atom. The monoisotopic (exact) mass is 400 g/mol. The van der Waals surface area contributed by atoms with Gasteiger partial charge in [0.1, 0.15) is 0 Å². The summed E-state index contributed by atoms with van der Waals surface area (Å²) in [6.07, 6.45) is 3.03. The van der Waals surface area contributed by atoms with Gasteiger partial charge in [0, 0.05) is 18.2 Å². The first kappa shape index (κ1) is 20.6. The van der Waals surface area contributed by atoms with Gasteiger partial charge in [-0.2, -0.15) is 0 Å². The lowest BCUT2D eigenvalue weighted by molar-refractivity contribution is -0.116. The second-order valence-electron chi connectivity index (χ2n) is 7.70. The van der Waals surface area contributed by atoms with Crippen molar-refractivity contribution in [2.24, 2.45) is 5.92 Å². The third kappa shape index (κ3) is 4.62. The number of benzene rings is 2. The lowest BCUT2D eigenvalue weighted by atomic mass is 9.95. The van der Waals surface area contributed by atoms with E-state index in [-0.39, 0.29) is 22.8 Å². The quantitative estimate of drug-likeness (QED) is 0.731. The van der Waals surface area contributed by atoms with Crippen LogP contribution in [-0.4, -0.2) is 14.3 Å². The molecule has 0 bridgehead atoms. The van der Waals surface area contributed by atoms with E-state index in [1.807, 2.05) is 26.0 Å². The largest absolute Gasteiger partial charge is 0.326 e. The van der Waals surface area contributed by atoms with E-state index in [2.05, 4.69) is 29.1 Å². The van der Waals surface area contributed by atoms with Gasteiger partial charge >= 0.3 is 0 Å². The highest BCUT2D eigenvalue weighted by Crippen LogP contribution is 2.28. The average molecular weight is 401 g/mol. The van der Waals surface area contributed by atoms with Crippen LogP contribution in [0.15, 0.2) is 47.4 Å². The Hall–Kier alpha value is -2.18. The number of sulfonamides is 1. The van der Waals surface area contributed by atoms with E-state index in [4.69, 9.17) is 0 Å². The van der Waals surface area contributed by atoms with Crippen molar-refractivity contribution in [2.45, 2.75) is 57.4 Å². The number of carbonyl (C=O) groups is 1. The molecule has 3 rings (SSSR count). The maximum atomic E-state index is 13.0. The van der Waals surface area contributed by atoms with Gasteiger partial charge in [0.05, 0.1) is 4.90 Å². The molecule has 0 aromatic heterocycles. The fourth-order valence-corrected chi connectivity index (χ4v) is 4.95. The summed E-state index contributed by atoms with van der Waals surface area (Å²) in [6, 6.07) is 12.8. The van der Waals surface area contributed by atoms with E-state index in [0.717, 1.165) is 24.0 Å². The van der Waals surface area contributed by atoms with Crippen molar-refractivity contribution in [1.29, 1.82) is 0 Å². The summed E-state index contributed by atoms with van der Waals surface area (Å²) in [5.41, 5.74) is 3.77. The molecule has 0 aliphatic carbocycles. The van der Waals surface area contributed by atoms with Crippen molar-refractivity contribution in [2.75, 3.05) is 5.32 Å². The molecule has 2 aromatic carbocycles. The number of fused-ring (bicyclic) bond motifs is 1. The first-order chi connectivity index (χ1) is 13.3. The topological polar surface area (TPSA) is 75.3 Å². The summed E-state index contributed by atoms with van der Waals surface area (Å²) in [4.78, 5) is 11.7. The number of hydrogen-bond acceptors (Lipinski definition) is 3. The zero-order valence-electron chi connectivity index (χ0n) is 16.7. The summed E-state index contributed by atoms with van der Waals surface area (Å²) < 4.78 is 29.0. The zero-order chi connectivity index (χ0) is 20.3. The van der Waals surface area contributed by atoms with E-state index in [0.29, 0.717) is 18.5 Å². The maximum Gasteiger partial charge on any atom is 0.241 e. The van der Waals surface area contributed by atoms with Crippen LogP contribution in [0.4, 0.5) is 5.69 Å². The summed E-state index contributed by atoms with van der Waals surface area (Å²) in [5.74, 6) is 0.0661. The molecule has 150 valence electrons. The maximum absolute atomic E-state index is 13.0. The van der Waals surface area contributed by atoms with Crippen LogP contribution in [0.2, 0.25) is 0 Å². The van der Waals surface area contributed by atoms with Crippen molar-refractivity contribution in [3.63, 3.8) is 0 Å². The predicted octanol–water partition coefficient (Wildman–Crippen LogP) is 4.20. The van der Waals surface area contributed by atoms with Crippen LogP contribution < -0.4 is 10.0 Å². The first-order valence-electron chi connectivity index (χ1n) is 9.84.